The normalized spacial score (nSPS) is 12.5. The Balaban J connectivity index is 2.43. The second kappa shape index (κ2) is 7.33. The Morgan fingerprint density at radius 1 is 1.24 bits per heavy atom. The Hall–Kier alpha value is -1.02. The van der Waals surface area contributed by atoms with Crippen molar-refractivity contribution in [3.05, 3.63) is 29.3 Å². The summed E-state index contributed by atoms with van der Waals surface area (Å²) in [6, 6.07) is 5.88. The summed E-state index contributed by atoms with van der Waals surface area (Å²) in [5.74, 6) is 0.936. The first kappa shape index (κ1) is 14.0. The quantitative estimate of drug-likeness (QED) is 0.725. The van der Waals surface area contributed by atoms with Crippen LogP contribution in [0.1, 0.15) is 56.8 Å². The number of ether oxygens (including phenoxy) is 1. The second-order valence-electron chi connectivity index (χ2n) is 4.61. The standard InChI is InChI=1S/C15H24O2/c1-4-5-6-7-10-17-15-9-8-14(13(3)16)11-12(15)2/h8-9,11,13,16H,4-7,10H2,1-3H3. The van der Waals surface area contributed by atoms with E-state index in [1.807, 2.05) is 25.1 Å². The lowest BCUT2D eigenvalue weighted by atomic mass is 10.1. The molecule has 0 fully saturated rings. The van der Waals surface area contributed by atoms with Crippen LogP contribution in [0.25, 0.3) is 0 Å². The van der Waals surface area contributed by atoms with Crippen molar-refractivity contribution in [1.29, 1.82) is 0 Å². The molecule has 0 radical (unpaired) electrons. The largest absolute Gasteiger partial charge is 0.493 e. The van der Waals surface area contributed by atoms with E-state index in [1.54, 1.807) is 6.92 Å². The van der Waals surface area contributed by atoms with Crippen molar-refractivity contribution in [3.8, 4) is 5.75 Å². The van der Waals surface area contributed by atoms with Crippen molar-refractivity contribution in [3.63, 3.8) is 0 Å². The summed E-state index contributed by atoms with van der Waals surface area (Å²) < 4.78 is 5.74. The van der Waals surface area contributed by atoms with Crippen LogP contribution in [-0.2, 0) is 0 Å². The Labute approximate surface area is 105 Å². The highest BCUT2D eigenvalue weighted by Gasteiger charge is 2.04. The molecule has 17 heavy (non-hydrogen) atoms. The van der Waals surface area contributed by atoms with E-state index in [0.717, 1.165) is 29.9 Å². The van der Waals surface area contributed by atoms with Crippen LogP contribution < -0.4 is 4.74 Å². The Morgan fingerprint density at radius 2 is 2.00 bits per heavy atom. The maximum Gasteiger partial charge on any atom is 0.122 e. The van der Waals surface area contributed by atoms with Gasteiger partial charge in [-0.15, -0.1) is 0 Å². The molecule has 0 heterocycles. The summed E-state index contributed by atoms with van der Waals surface area (Å²) in [4.78, 5) is 0. The van der Waals surface area contributed by atoms with Crippen LogP contribution in [0.5, 0.6) is 5.75 Å². The van der Waals surface area contributed by atoms with Gasteiger partial charge in [0.15, 0.2) is 0 Å². The first-order chi connectivity index (χ1) is 8.15. The molecule has 1 rings (SSSR count). The number of aliphatic hydroxyl groups excluding tert-OH is 1. The molecule has 0 aliphatic heterocycles. The van der Waals surface area contributed by atoms with Gasteiger partial charge in [-0.2, -0.15) is 0 Å². The fourth-order valence-electron chi connectivity index (χ4n) is 1.81. The minimum absolute atomic E-state index is 0.410. The average molecular weight is 236 g/mol. The highest BCUT2D eigenvalue weighted by molar-refractivity contribution is 5.36. The van der Waals surface area contributed by atoms with Crippen LogP contribution in [0.4, 0.5) is 0 Å². The van der Waals surface area contributed by atoms with E-state index in [9.17, 15) is 5.11 Å². The van der Waals surface area contributed by atoms with Crippen molar-refractivity contribution in [2.24, 2.45) is 0 Å². The molecule has 1 unspecified atom stereocenters. The second-order valence-corrected chi connectivity index (χ2v) is 4.61. The topological polar surface area (TPSA) is 29.5 Å². The van der Waals surface area contributed by atoms with Gasteiger partial charge >= 0.3 is 0 Å². The molecule has 1 aromatic carbocycles. The van der Waals surface area contributed by atoms with E-state index in [0.29, 0.717) is 0 Å². The molecule has 1 atom stereocenters. The predicted molar refractivity (Wildman–Crippen MR) is 71.4 cm³/mol. The highest BCUT2D eigenvalue weighted by atomic mass is 16.5. The highest BCUT2D eigenvalue weighted by Crippen LogP contribution is 2.22. The van der Waals surface area contributed by atoms with E-state index in [1.165, 1.54) is 19.3 Å². The first-order valence-corrected chi connectivity index (χ1v) is 6.56. The van der Waals surface area contributed by atoms with Crippen molar-refractivity contribution in [1.82, 2.24) is 0 Å². The van der Waals surface area contributed by atoms with Gasteiger partial charge in [-0.25, -0.2) is 0 Å². The number of rotatable bonds is 7. The number of benzene rings is 1. The van der Waals surface area contributed by atoms with Crippen molar-refractivity contribution in [2.45, 2.75) is 52.6 Å². The van der Waals surface area contributed by atoms with E-state index in [2.05, 4.69) is 6.92 Å². The number of unbranched alkanes of at least 4 members (excludes halogenated alkanes) is 3. The number of hydrogen-bond donors (Lipinski definition) is 1. The van der Waals surface area contributed by atoms with Crippen molar-refractivity contribution >= 4 is 0 Å². The third kappa shape index (κ3) is 4.78. The predicted octanol–water partition coefficient (Wildman–Crippen LogP) is 4.01. The maximum atomic E-state index is 9.47. The zero-order valence-electron chi connectivity index (χ0n) is 11.2. The molecule has 96 valence electrons. The molecule has 0 aliphatic rings. The molecule has 0 aromatic heterocycles. The van der Waals surface area contributed by atoms with Crippen LogP contribution in [0.15, 0.2) is 18.2 Å². The Morgan fingerprint density at radius 3 is 2.59 bits per heavy atom. The zero-order valence-corrected chi connectivity index (χ0v) is 11.2. The van der Waals surface area contributed by atoms with Gasteiger partial charge in [-0.1, -0.05) is 32.3 Å². The van der Waals surface area contributed by atoms with Gasteiger partial charge in [-0.05, 0) is 43.5 Å². The number of aliphatic hydroxyl groups is 1. The van der Waals surface area contributed by atoms with E-state index in [4.69, 9.17) is 4.74 Å². The van der Waals surface area contributed by atoms with Crippen molar-refractivity contribution in [2.75, 3.05) is 6.61 Å². The van der Waals surface area contributed by atoms with Gasteiger partial charge in [0.25, 0.3) is 0 Å². The minimum atomic E-state index is -0.410. The molecule has 1 N–H and O–H groups in total. The third-order valence-corrected chi connectivity index (χ3v) is 2.94. The van der Waals surface area contributed by atoms with Crippen LogP contribution >= 0.6 is 0 Å². The lowest BCUT2D eigenvalue weighted by molar-refractivity contribution is 0.199. The first-order valence-electron chi connectivity index (χ1n) is 6.56. The molecule has 0 spiro atoms. The molecule has 1 aromatic rings. The zero-order chi connectivity index (χ0) is 12.7. The molecule has 2 nitrogen and oxygen atoms in total. The molecule has 0 saturated heterocycles. The summed E-state index contributed by atoms with van der Waals surface area (Å²) in [5, 5.41) is 9.47. The average Bonchev–Trinajstić information content (AvgIpc) is 2.30. The molecule has 0 saturated carbocycles. The van der Waals surface area contributed by atoms with E-state index < -0.39 is 6.10 Å². The van der Waals surface area contributed by atoms with Gasteiger partial charge in [0.1, 0.15) is 5.75 Å². The molecule has 2 heteroatoms. The summed E-state index contributed by atoms with van der Waals surface area (Å²) in [7, 11) is 0. The summed E-state index contributed by atoms with van der Waals surface area (Å²) in [6.45, 7) is 6.79. The third-order valence-electron chi connectivity index (χ3n) is 2.94. The maximum absolute atomic E-state index is 9.47. The van der Waals surface area contributed by atoms with E-state index >= 15 is 0 Å². The van der Waals surface area contributed by atoms with Crippen molar-refractivity contribution < 1.29 is 9.84 Å². The summed E-state index contributed by atoms with van der Waals surface area (Å²) >= 11 is 0. The van der Waals surface area contributed by atoms with Gasteiger partial charge in [0, 0.05) is 0 Å². The Kier molecular flexibility index (Phi) is 6.06. The van der Waals surface area contributed by atoms with Gasteiger partial charge in [0.05, 0.1) is 12.7 Å². The lowest BCUT2D eigenvalue weighted by Crippen LogP contribution is -2.00. The molecule has 0 bridgehead atoms. The van der Waals surface area contributed by atoms with Gasteiger partial charge < -0.3 is 9.84 Å². The summed E-state index contributed by atoms with van der Waals surface area (Å²) in [6.07, 6.45) is 4.48. The minimum Gasteiger partial charge on any atom is -0.493 e. The molecular weight excluding hydrogens is 212 g/mol. The van der Waals surface area contributed by atoms with Gasteiger partial charge in [-0.3, -0.25) is 0 Å². The van der Waals surface area contributed by atoms with Crippen LogP contribution in [0, 0.1) is 6.92 Å². The van der Waals surface area contributed by atoms with Crippen LogP contribution in [-0.4, -0.2) is 11.7 Å². The monoisotopic (exact) mass is 236 g/mol. The van der Waals surface area contributed by atoms with Crippen LogP contribution in [0.3, 0.4) is 0 Å². The number of aryl methyl sites for hydroxylation is 1. The molecule has 0 amide bonds. The lowest BCUT2D eigenvalue weighted by Gasteiger charge is -2.11. The Bertz CT molecular complexity index is 332. The molecular formula is C15H24O2. The smallest absolute Gasteiger partial charge is 0.122 e. The molecule has 0 aliphatic carbocycles. The summed E-state index contributed by atoms with van der Waals surface area (Å²) in [5.41, 5.74) is 2.04. The van der Waals surface area contributed by atoms with Gasteiger partial charge in [0.2, 0.25) is 0 Å². The van der Waals surface area contributed by atoms with Crippen LogP contribution in [0.2, 0.25) is 0 Å². The number of hydrogen-bond acceptors (Lipinski definition) is 2. The SMILES string of the molecule is CCCCCCOc1ccc(C(C)O)cc1C. The fraction of sp³-hybridized carbons (Fsp3) is 0.600. The fourth-order valence-corrected chi connectivity index (χ4v) is 1.81. The van der Waals surface area contributed by atoms with E-state index in [-0.39, 0.29) is 0 Å².